The van der Waals surface area contributed by atoms with Crippen LogP contribution in [-0.2, 0) is 9.59 Å². The summed E-state index contributed by atoms with van der Waals surface area (Å²) in [5.41, 5.74) is 1.31. The van der Waals surface area contributed by atoms with Gasteiger partial charge in [0.25, 0.3) is 5.56 Å². The van der Waals surface area contributed by atoms with Gasteiger partial charge in [-0.05, 0) is 31.9 Å². The number of aryl methyl sites for hydroxylation is 1. The molecule has 1 fully saturated rings. The maximum absolute atomic E-state index is 12.6. The standard InChI is InChI=1S/C15H15N3O3/c1-9-5-6-11-10(7-9)15(21)18(8-16-11)12-3-2-4-13(19)17-14(12)20/h5-8,12H,2-4H2,1H3,(H,17,19,20). The van der Waals surface area contributed by atoms with Gasteiger partial charge in [0, 0.05) is 6.42 Å². The molecule has 6 nitrogen and oxygen atoms in total. The van der Waals surface area contributed by atoms with Gasteiger partial charge in [0.2, 0.25) is 11.8 Å². The quantitative estimate of drug-likeness (QED) is 0.795. The van der Waals surface area contributed by atoms with Gasteiger partial charge in [0.05, 0.1) is 17.2 Å². The Morgan fingerprint density at radius 3 is 2.90 bits per heavy atom. The molecule has 0 saturated carbocycles. The van der Waals surface area contributed by atoms with E-state index < -0.39 is 11.9 Å². The number of carbonyl (C=O) groups is 2. The van der Waals surface area contributed by atoms with Crippen LogP contribution in [0.15, 0.2) is 29.3 Å². The maximum Gasteiger partial charge on any atom is 0.261 e. The second kappa shape index (κ2) is 5.12. The van der Waals surface area contributed by atoms with Crippen molar-refractivity contribution < 1.29 is 9.59 Å². The summed E-state index contributed by atoms with van der Waals surface area (Å²) in [6.07, 6.45) is 2.72. The predicted molar refractivity (Wildman–Crippen MR) is 76.8 cm³/mol. The van der Waals surface area contributed by atoms with Crippen molar-refractivity contribution in [3.63, 3.8) is 0 Å². The molecule has 1 aliphatic heterocycles. The first kappa shape index (κ1) is 13.5. The first-order valence-electron chi connectivity index (χ1n) is 6.87. The van der Waals surface area contributed by atoms with Crippen LogP contribution < -0.4 is 10.9 Å². The highest BCUT2D eigenvalue weighted by atomic mass is 16.2. The van der Waals surface area contributed by atoms with Crippen LogP contribution in [0.1, 0.15) is 30.9 Å². The van der Waals surface area contributed by atoms with Crippen molar-refractivity contribution in [1.82, 2.24) is 14.9 Å². The minimum absolute atomic E-state index is 0.252. The van der Waals surface area contributed by atoms with Crippen LogP contribution in [0.5, 0.6) is 0 Å². The van der Waals surface area contributed by atoms with Crippen molar-refractivity contribution in [2.24, 2.45) is 0 Å². The number of fused-ring (bicyclic) bond motifs is 1. The van der Waals surface area contributed by atoms with Crippen molar-refractivity contribution in [3.8, 4) is 0 Å². The monoisotopic (exact) mass is 285 g/mol. The third kappa shape index (κ3) is 2.44. The second-order valence-corrected chi connectivity index (χ2v) is 5.30. The molecule has 0 bridgehead atoms. The third-order valence-electron chi connectivity index (χ3n) is 3.72. The zero-order valence-corrected chi connectivity index (χ0v) is 11.6. The van der Waals surface area contributed by atoms with Gasteiger partial charge in [-0.25, -0.2) is 4.98 Å². The Labute approximate surface area is 120 Å². The first-order valence-corrected chi connectivity index (χ1v) is 6.87. The fraction of sp³-hybridized carbons (Fsp3) is 0.333. The summed E-state index contributed by atoms with van der Waals surface area (Å²) in [6.45, 7) is 1.90. The van der Waals surface area contributed by atoms with E-state index in [1.54, 1.807) is 12.1 Å². The number of nitrogens with zero attached hydrogens (tertiary/aromatic N) is 2. The molecule has 0 spiro atoms. The predicted octanol–water partition coefficient (Wildman–Crippen LogP) is 1.07. The Kier molecular flexibility index (Phi) is 3.29. The van der Waals surface area contributed by atoms with E-state index in [0.29, 0.717) is 30.2 Å². The van der Waals surface area contributed by atoms with E-state index in [1.807, 2.05) is 13.0 Å². The van der Waals surface area contributed by atoms with Gasteiger partial charge in [-0.2, -0.15) is 0 Å². The van der Waals surface area contributed by atoms with E-state index in [4.69, 9.17) is 0 Å². The van der Waals surface area contributed by atoms with Gasteiger partial charge >= 0.3 is 0 Å². The highest BCUT2D eigenvalue weighted by Gasteiger charge is 2.26. The lowest BCUT2D eigenvalue weighted by Crippen LogP contribution is -2.38. The van der Waals surface area contributed by atoms with Gasteiger partial charge in [0.15, 0.2) is 0 Å². The number of carbonyl (C=O) groups excluding carboxylic acids is 2. The van der Waals surface area contributed by atoms with E-state index in [0.717, 1.165) is 5.56 Å². The molecule has 2 aromatic rings. The fourth-order valence-electron chi connectivity index (χ4n) is 2.61. The number of benzene rings is 1. The molecule has 1 unspecified atom stereocenters. The van der Waals surface area contributed by atoms with E-state index in [9.17, 15) is 14.4 Å². The van der Waals surface area contributed by atoms with E-state index in [-0.39, 0.29) is 11.5 Å². The van der Waals surface area contributed by atoms with Gasteiger partial charge in [0.1, 0.15) is 6.04 Å². The molecule has 1 aromatic heterocycles. The summed E-state index contributed by atoms with van der Waals surface area (Å²) >= 11 is 0. The number of aromatic nitrogens is 2. The van der Waals surface area contributed by atoms with Crippen molar-refractivity contribution >= 4 is 22.7 Å². The van der Waals surface area contributed by atoms with Gasteiger partial charge in [-0.3, -0.25) is 24.3 Å². The average molecular weight is 285 g/mol. The Balaban J connectivity index is 2.12. The number of rotatable bonds is 1. The Bertz CT molecular complexity index is 794. The van der Waals surface area contributed by atoms with Crippen LogP contribution in [0.4, 0.5) is 0 Å². The average Bonchev–Trinajstić information content (AvgIpc) is 2.61. The molecule has 108 valence electrons. The Morgan fingerprint density at radius 2 is 2.10 bits per heavy atom. The minimum atomic E-state index is -0.679. The normalized spacial score (nSPS) is 19.4. The molecule has 21 heavy (non-hydrogen) atoms. The first-order chi connectivity index (χ1) is 10.1. The lowest BCUT2D eigenvalue weighted by atomic mass is 10.1. The van der Waals surface area contributed by atoms with Crippen LogP contribution in [0.25, 0.3) is 10.9 Å². The molecule has 2 heterocycles. The lowest BCUT2D eigenvalue weighted by molar-refractivity contribution is -0.131. The van der Waals surface area contributed by atoms with Crippen molar-refractivity contribution in [1.29, 1.82) is 0 Å². The van der Waals surface area contributed by atoms with Crippen LogP contribution in [0.2, 0.25) is 0 Å². The number of hydrogen-bond acceptors (Lipinski definition) is 4. The molecule has 1 aliphatic rings. The molecule has 6 heteroatoms. The van der Waals surface area contributed by atoms with E-state index >= 15 is 0 Å². The molecule has 2 amide bonds. The Hall–Kier alpha value is -2.50. The summed E-state index contributed by atoms with van der Waals surface area (Å²) in [5, 5.41) is 2.80. The SMILES string of the molecule is Cc1ccc2ncn(C3CCCC(=O)NC3=O)c(=O)c2c1. The number of amides is 2. The largest absolute Gasteiger partial charge is 0.295 e. The molecular weight excluding hydrogens is 270 g/mol. The molecule has 1 N–H and O–H groups in total. The number of imide groups is 1. The maximum atomic E-state index is 12.6. The number of nitrogens with one attached hydrogen (secondary N) is 1. The molecule has 1 saturated heterocycles. The molecule has 3 rings (SSSR count). The molecule has 0 radical (unpaired) electrons. The minimum Gasteiger partial charge on any atom is -0.295 e. The number of hydrogen-bond donors (Lipinski definition) is 1. The van der Waals surface area contributed by atoms with Gasteiger partial charge in [-0.15, -0.1) is 0 Å². The Morgan fingerprint density at radius 1 is 1.29 bits per heavy atom. The lowest BCUT2D eigenvalue weighted by Gasteiger charge is -2.16. The van der Waals surface area contributed by atoms with Crippen LogP contribution in [0, 0.1) is 6.92 Å². The molecular formula is C15H15N3O3. The second-order valence-electron chi connectivity index (χ2n) is 5.30. The summed E-state index contributed by atoms with van der Waals surface area (Å²) in [6, 6.07) is 4.76. The van der Waals surface area contributed by atoms with E-state index in [1.165, 1.54) is 10.9 Å². The van der Waals surface area contributed by atoms with Crippen molar-refractivity contribution in [2.75, 3.05) is 0 Å². The zero-order chi connectivity index (χ0) is 15.0. The topological polar surface area (TPSA) is 81.1 Å². The van der Waals surface area contributed by atoms with Crippen molar-refractivity contribution in [3.05, 3.63) is 40.4 Å². The summed E-state index contributed by atoms with van der Waals surface area (Å²) in [7, 11) is 0. The molecule has 1 atom stereocenters. The highest BCUT2D eigenvalue weighted by Crippen LogP contribution is 2.18. The fourth-order valence-corrected chi connectivity index (χ4v) is 2.61. The zero-order valence-electron chi connectivity index (χ0n) is 11.6. The van der Waals surface area contributed by atoms with Crippen LogP contribution in [0.3, 0.4) is 0 Å². The van der Waals surface area contributed by atoms with Crippen LogP contribution in [-0.4, -0.2) is 21.4 Å². The van der Waals surface area contributed by atoms with E-state index in [2.05, 4.69) is 10.3 Å². The smallest absolute Gasteiger partial charge is 0.261 e. The van der Waals surface area contributed by atoms with Crippen LogP contribution >= 0.6 is 0 Å². The van der Waals surface area contributed by atoms with Gasteiger partial charge in [-0.1, -0.05) is 11.6 Å². The molecule has 0 aliphatic carbocycles. The summed E-state index contributed by atoms with van der Waals surface area (Å²) in [4.78, 5) is 40.3. The highest BCUT2D eigenvalue weighted by molar-refractivity contribution is 5.97. The summed E-state index contributed by atoms with van der Waals surface area (Å²) in [5.74, 6) is -0.728. The third-order valence-corrected chi connectivity index (χ3v) is 3.72. The van der Waals surface area contributed by atoms with Gasteiger partial charge < -0.3 is 0 Å². The van der Waals surface area contributed by atoms with Crippen molar-refractivity contribution in [2.45, 2.75) is 32.2 Å². The summed E-state index contributed by atoms with van der Waals surface area (Å²) < 4.78 is 1.33. The molecule has 1 aromatic carbocycles.